The van der Waals surface area contributed by atoms with Crippen molar-refractivity contribution in [3.8, 4) is 11.4 Å². The molecule has 0 spiro atoms. The first-order chi connectivity index (χ1) is 11.1. The second kappa shape index (κ2) is 7.08. The van der Waals surface area contributed by atoms with E-state index in [9.17, 15) is 4.79 Å². The van der Waals surface area contributed by atoms with Gasteiger partial charge in [-0.1, -0.05) is 29.3 Å². The molecule has 2 aromatic heterocycles. The molecule has 116 valence electrons. The molecule has 23 heavy (non-hydrogen) atoms. The van der Waals surface area contributed by atoms with Crippen LogP contribution >= 0.6 is 34.5 Å². The summed E-state index contributed by atoms with van der Waals surface area (Å²) in [7, 11) is 0. The molecule has 0 bridgehead atoms. The predicted octanol–water partition coefficient (Wildman–Crippen LogP) is 4.44. The predicted molar refractivity (Wildman–Crippen MR) is 93.0 cm³/mol. The number of carbonyl (C=O) groups excluding carboxylic acids is 1. The van der Waals surface area contributed by atoms with Crippen LogP contribution in [0.4, 0.5) is 0 Å². The zero-order chi connectivity index (χ0) is 16.2. The van der Waals surface area contributed by atoms with Gasteiger partial charge in [-0.05, 0) is 30.3 Å². The smallest absolute Gasteiger partial charge is 0.253 e. The molecule has 0 atom stereocenters. The molecule has 0 saturated carbocycles. The molecule has 0 saturated heterocycles. The number of thiazole rings is 1. The lowest BCUT2D eigenvalue weighted by molar-refractivity contribution is 0.0951. The highest BCUT2D eigenvalue weighted by molar-refractivity contribution is 7.09. The van der Waals surface area contributed by atoms with Crippen molar-refractivity contribution < 1.29 is 4.79 Å². The van der Waals surface area contributed by atoms with E-state index in [-0.39, 0.29) is 5.91 Å². The van der Waals surface area contributed by atoms with E-state index < -0.39 is 0 Å². The maximum atomic E-state index is 12.2. The van der Waals surface area contributed by atoms with Crippen LogP contribution in [0.25, 0.3) is 11.4 Å². The van der Waals surface area contributed by atoms with Gasteiger partial charge in [-0.2, -0.15) is 0 Å². The fraction of sp³-hybridized carbons (Fsp3) is 0.0625. The highest BCUT2D eigenvalue weighted by atomic mass is 35.5. The molecule has 7 heteroatoms. The number of benzene rings is 1. The van der Waals surface area contributed by atoms with E-state index in [0.717, 1.165) is 16.4 Å². The van der Waals surface area contributed by atoms with Gasteiger partial charge in [-0.3, -0.25) is 9.78 Å². The van der Waals surface area contributed by atoms with E-state index in [2.05, 4.69) is 15.3 Å². The Labute approximate surface area is 147 Å². The largest absolute Gasteiger partial charge is 0.345 e. The van der Waals surface area contributed by atoms with Gasteiger partial charge in [0, 0.05) is 16.6 Å². The second-order valence-electron chi connectivity index (χ2n) is 4.65. The topological polar surface area (TPSA) is 54.9 Å². The number of pyridine rings is 1. The van der Waals surface area contributed by atoms with Crippen molar-refractivity contribution in [2.45, 2.75) is 6.54 Å². The maximum Gasteiger partial charge on any atom is 0.253 e. The summed E-state index contributed by atoms with van der Waals surface area (Å²) < 4.78 is 0. The summed E-state index contributed by atoms with van der Waals surface area (Å²) in [5.41, 5.74) is 1.99. The zero-order valence-electron chi connectivity index (χ0n) is 11.8. The third-order valence-corrected chi connectivity index (χ3v) is 4.45. The van der Waals surface area contributed by atoms with Crippen LogP contribution in [0, 0.1) is 0 Å². The number of nitrogens with one attached hydrogen (secondary N) is 1. The van der Waals surface area contributed by atoms with E-state index >= 15 is 0 Å². The minimum Gasteiger partial charge on any atom is -0.345 e. The van der Waals surface area contributed by atoms with Crippen molar-refractivity contribution in [1.29, 1.82) is 0 Å². The van der Waals surface area contributed by atoms with Gasteiger partial charge >= 0.3 is 0 Å². The second-order valence-corrected chi connectivity index (χ2v) is 6.43. The number of nitrogens with zero attached hydrogens (tertiary/aromatic N) is 2. The molecule has 1 aromatic carbocycles. The number of carbonyl (C=O) groups is 1. The quantitative estimate of drug-likeness (QED) is 0.745. The summed E-state index contributed by atoms with van der Waals surface area (Å²) in [6.07, 6.45) is 1.72. The highest BCUT2D eigenvalue weighted by Crippen LogP contribution is 2.22. The fourth-order valence-corrected chi connectivity index (χ4v) is 3.17. The summed E-state index contributed by atoms with van der Waals surface area (Å²) in [6, 6.07) is 10.4. The van der Waals surface area contributed by atoms with Gasteiger partial charge < -0.3 is 5.32 Å². The van der Waals surface area contributed by atoms with Gasteiger partial charge in [-0.25, -0.2) is 4.98 Å². The van der Waals surface area contributed by atoms with Gasteiger partial charge in [0.05, 0.1) is 28.5 Å². The molecular formula is C16H11Cl2N3OS. The Morgan fingerprint density at radius 1 is 1.17 bits per heavy atom. The highest BCUT2D eigenvalue weighted by Gasteiger charge is 2.12. The molecule has 0 aliphatic carbocycles. The first-order valence-electron chi connectivity index (χ1n) is 6.72. The lowest BCUT2D eigenvalue weighted by Crippen LogP contribution is -2.23. The number of hydrogen-bond donors (Lipinski definition) is 1. The summed E-state index contributed by atoms with van der Waals surface area (Å²) in [5, 5.41) is 6.33. The molecule has 0 radical (unpaired) electrons. The van der Waals surface area contributed by atoms with E-state index in [1.165, 1.54) is 11.3 Å². The van der Waals surface area contributed by atoms with Gasteiger partial charge in [0.1, 0.15) is 5.01 Å². The number of hydrogen-bond acceptors (Lipinski definition) is 4. The van der Waals surface area contributed by atoms with Crippen LogP contribution in [0.5, 0.6) is 0 Å². The number of halogens is 2. The molecule has 4 nitrogen and oxygen atoms in total. The Bertz CT molecular complexity index is 836. The third kappa shape index (κ3) is 3.88. The molecular weight excluding hydrogens is 353 g/mol. The Morgan fingerprint density at radius 3 is 2.78 bits per heavy atom. The van der Waals surface area contributed by atoms with E-state index in [4.69, 9.17) is 23.2 Å². The Kier molecular flexibility index (Phi) is 4.91. The van der Waals surface area contributed by atoms with Gasteiger partial charge in [0.15, 0.2) is 0 Å². The molecule has 0 aliphatic heterocycles. The standard InChI is InChI=1S/C16H11Cl2N3OS/c17-10-4-5-11(12(18)7-10)16(22)20-8-15-21-14(9-23-15)13-3-1-2-6-19-13/h1-7,9H,8H2,(H,20,22). The Balaban J connectivity index is 1.67. The van der Waals surface area contributed by atoms with Gasteiger partial charge in [0.2, 0.25) is 0 Å². The summed E-state index contributed by atoms with van der Waals surface area (Å²) in [4.78, 5) is 20.9. The lowest BCUT2D eigenvalue weighted by Gasteiger charge is -2.05. The Hall–Kier alpha value is -1.95. The van der Waals surface area contributed by atoms with Crippen molar-refractivity contribution in [2.24, 2.45) is 0 Å². The van der Waals surface area contributed by atoms with Crippen LogP contribution in [-0.4, -0.2) is 15.9 Å². The molecule has 1 N–H and O–H groups in total. The van der Waals surface area contributed by atoms with Crippen LogP contribution in [0.15, 0.2) is 48.0 Å². The van der Waals surface area contributed by atoms with E-state index in [1.54, 1.807) is 24.4 Å². The zero-order valence-corrected chi connectivity index (χ0v) is 14.1. The average molecular weight is 364 g/mol. The normalized spacial score (nSPS) is 10.5. The van der Waals surface area contributed by atoms with Crippen LogP contribution in [0.1, 0.15) is 15.4 Å². The van der Waals surface area contributed by atoms with E-state index in [0.29, 0.717) is 22.2 Å². The minimum atomic E-state index is -0.263. The summed E-state index contributed by atoms with van der Waals surface area (Å²) in [6.45, 7) is 0.329. The average Bonchev–Trinajstić information content (AvgIpc) is 3.02. The Morgan fingerprint density at radius 2 is 2.04 bits per heavy atom. The van der Waals surface area contributed by atoms with Crippen LogP contribution in [-0.2, 0) is 6.54 Å². The van der Waals surface area contributed by atoms with Gasteiger partial charge in [0.25, 0.3) is 5.91 Å². The number of aromatic nitrogens is 2. The van der Waals surface area contributed by atoms with Crippen LogP contribution < -0.4 is 5.32 Å². The van der Waals surface area contributed by atoms with Crippen molar-refractivity contribution in [3.05, 3.63) is 68.6 Å². The van der Waals surface area contributed by atoms with Crippen LogP contribution in [0.2, 0.25) is 10.0 Å². The molecule has 1 amide bonds. The first-order valence-corrected chi connectivity index (χ1v) is 8.36. The molecule has 2 heterocycles. The lowest BCUT2D eigenvalue weighted by atomic mass is 10.2. The summed E-state index contributed by atoms with van der Waals surface area (Å²) >= 11 is 13.3. The molecule has 0 unspecified atom stereocenters. The third-order valence-electron chi connectivity index (χ3n) is 3.05. The van der Waals surface area contributed by atoms with Gasteiger partial charge in [-0.15, -0.1) is 11.3 Å². The fourth-order valence-electron chi connectivity index (χ4n) is 1.95. The van der Waals surface area contributed by atoms with Crippen molar-refractivity contribution in [1.82, 2.24) is 15.3 Å². The SMILES string of the molecule is O=C(NCc1nc(-c2ccccn2)cs1)c1ccc(Cl)cc1Cl. The van der Waals surface area contributed by atoms with Crippen molar-refractivity contribution in [3.63, 3.8) is 0 Å². The molecule has 3 aromatic rings. The number of rotatable bonds is 4. The monoisotopic (exact) mass is 363 g/mol. The maximum absolute atomic E-state index is 12.2. The van der Waals surface area contributed by atoms with Crippen molar-refractivity contribution in [2.75, 3.05) is 0 Å². The van der Waals surface area contributed by atoms with Crippen molar-refractivity contribution >= 4 is 40.4 Å². The molecule has 3 rings (SSSR count). The van der Waals surface area contributed by atoms with Crippen LogP contribution in [0.3, 0.4) is 0 Å². The first kappa shape index (κ1) is 15.9. The molecule has 0 fully saturated rings. The molecule has 0 aliphatic rings. The van der Waals surface area contributed by atoms with E-state index in [1.807, 2.05) is 23.6 Å². The minimum absolute atomic E-state index is 0.263. The number of amides is 1. The summed E-state index contributed by atoms with van der Waals surface area (Å²) in [5.74, 6) is -0.263.